The van der Waals surface area contributed by atoms with Crippen molar-refractivity contribution in [3.63, 3.8) is 0 Å². The number of phenols is 3. The van der Waals surface area contributed by atoms with Crippen molar-refractivity contribution in [2.45, 2.75) is 18.7 Å². The van der Waals surface area contributed by atoms with Gasteiger partial charge in [0.15, 0.2) is 11.5 Å². The van der Waals surface area contributed by atoms with E-state index in [-0.39, 0.29) is 17.2 Å². The van der Waals surface area contributed by atoms with Crippen molar-refractivity contribution in [1.29, 1.82) is 0 Å². The largest absolute Gasteiger partial charge is 0.508 e. The van der Waals surface area contributed by atoms with Crippen LogP contribution < -0.4 is 21.5 Å². The van der Waals surface area contributed by atoms with Crippen molar-refractivity contribution in [2.75, 3.05) is 0 Å². The topological polar surface area (TPSA) is 122 Å². The van der Waals surface area contributed by atoms with Gasteiger partial charge in [0, 0.05) is 11.7 Å². The number of nitrogens with two attached hydrogens (primary N) is 2. The van der Waals surface area contributed by atoms with Crippen LogP contribution in [0.5, 0.6) is 23.0 Å². The van der Waals surface area contributed by atoms with Crippen molar-refractivity contribution in [3.8, 4) is 34.1 Å². The minimum atomic E-state index is -1.40. The Balaban J connectivity index is 1.65. The average Bonchev–Trinajstić information content (AvgIpc) is 2.67. The second kappa shape index (κ2) is 8.07. The van der Waals surface area contributed by atoms with Crippen molar-refractivity contribution < 1.29 is 20.1 Å². The third kappa shape index (κ3) is 4.73. The molecule has 0 aromatic heterocycles. The van der Waals surface area contributed by atoms with Gasteiger partial charge in [0.1, 0.15) is 11.5 Å². The molecule has 3 rings (SSSR count). The number of hydrogen-bond acceptors (Lipinski definition) is 6. The van der Waals surface area contributed by atoms with Crippen molar-refractivity contribution >= 4 is 14.5 Å². The number of rotatable bonds is 6. The van der Waals surface area contributed by atoms with Gasteiger partial charge in [-0.3, -0.25) is 11.5 Å². The summed E-state index contributed by atoms with van der Waals surface area (Å²) in [6.07, 6.45) is 0.767. The Hall–Kier alpha value is -2.79. The first kappa shape index (κ1) is 20.0. The van der Waals surface area contributed by atoms with Gasteiger partial charge >= 0.3 is 0 Å². The number of aromatic hydroxyl groups is 3. The highest BCUT2D eigenvalue weighted by atomic mass is 31.0. The number of hydrogen-bond donors (Lipinski definition) is 5. The minimum Gasteiger partial charge on any atom is -0.508 e. The first-order valence-corrected chi connectivity index (χ1v) is 9.28. The van der Waals surface area contributed by atoms with E-state index in [2.05, 4.69) is 9.24 Å². The fraction of sp³-hybridized carbons (Fsp3) is 0.143. The number of ether oxygens (including phenoxy) is 1. The van der Waals surface area contributed by atoms with E-state index in [0.717, 1.165) is 16.7 Å². The molecule has 0 fully saturated rings. The Labute approximate surface area is 165 Å². The van der Waals surface area contributed by atoms with Gasteiger partial charge < -0.3 is 20.1 Å². The number of aryl methyl sites for hydroxylation is 1. The van der Waals surface area contributed by atoms with Crippen molar-refractivity contribution in [3.05, 3.63) is 66.2 Å². The number of phenolic OH excluding ortho intramolecular Hbond substituents is 3. The summed E-state index contributed by atoms with van der Waals surface area (Å²) in [6, 6.07) is 17.4. The summed E-state index contributed by atoms with van der Waals surface area (Å²) in [4.78, 5) is 0. The molecule has 3 aromatic rings. The van der Waals surface area contributed by atoms with E-state index in [4.69, 9.17) is 16.2 Å². The maximum atomic E-state index is 9.81. The predicted octanol–water partition coefficient (Wildman–Crippen LogP) is 2.55. The maximum Gasteiger partial charge on any atom is 0.213 e. The summed E-state index contributed by atoms with van der Waals surface area (Å²) in [6.45, 7) is 0. The molecule has 0 radical (unpaired) electrons. The Bertz CT molecular complexity index is 957. The Morgan fingerprint density at radius 1 is 0.821 bits per heavy atom. The third-order valence-electron chi connectivity index (χ3n) is 4.43. The van der Waals surface area contributed by atoms with Gasteiger partial charge in [-0.1, -0.05) is 30.3 Å². The van der Waals surface area contributed by atoms with Crippen LogP contribution in [0.2, 0.25) is 0 Å². The second-order valence-electron chi connectivity index (χ2n) is 6.63. The number of benzene rings is 3. The normalized spacial score (nSPS) is 11.4. The molecule has 146 valence electrons. The molecule has 0 spiro atoms. The van der Waals surface area contributed by atoms with Gasteiger partial charge in [-0.2, -0.15) is 0 Å². The van der Waals surface area contributed by atoms with Crippen LogP contribution >= 0.6 is 9.24 Å². The first-order chi connectivity index (χ1) is 13.2. The maximum absolute atomic E-state index is 9.81. The minimum absolute atomic E-state index is 0.173. The second-order valence-corrected chi connectivity index (χ2v) is 7.21. The molecule has 0 aliphatic carbocycles. The fourth-order valence-corrected chi connectivity index (χ4v) is 3.21. The summed E-state index contributed by atoms with van der Waals surface area (Å²) in [7, 11) is 2.40. The Morgan fingerprint density at radius 3 is 2.00 bits per heavy atom. The summed E-state index contributed by atoms with van der Waals surface area (Å²) in [5.74, 6) is -0.995. The van der Waals surface area contributed by atoms with Crippen LogP contribution in [0, 0.1) is 0 Å². The molecule has 6 nitrogen and oxygen atoms in total. The Kier molecular flexibility index (Phi) is 5.75. The van der Waals surface area contributed by atoms with Crippen molar-refractivity contribution in [1.82, 2.24) is 0 Å². The lowest BCUT2D eigenvalue weighted by molar-refractivity contribution is 0.0734. The summed E-state index contributed by atoms with van der Waals surface area (Å²) < 4.78 is 5.72. The SMILES string of the molecule is NC(N)(CCc1ccc(O)c(O)c1P)Oc1ccc(-c2ccc(O)cc2)cc1. The van der Waals surface area contributed by atoms with Gasteiger partial charge in [-0.15, -0.1) is 9.24 Å². The molecule has 1 atom stereocenters. The van der Waals surface area contributed by atoms with Crippen LogP contribution in [0.15, 0.2) is 60.7 Å². The Morgan fingerprint density at radius 2 is 1.39 bits per heavy atom. The highest BCUT2D eigenvalue weighted by Crippen LogP contribution is 2.27. The van der Waals surface area contributed by atoms with E-state index < -0.39 is 5.85 Å². The van der Waals surface area contributed by atoms with Crippen molar-refractivity contribution in [2.24, 2.45) is 11.5 Å². The van der Waals surface area contributed by atoms with Crippen LogP contribution in [0.4, 0.5) is 0 Å². The zero-order valence-corrected chi connectivity index (χ0v) is 16.3. The highest BCUT2D eigenvalue weighted by molar-refractivity contribution is 7.28. The first-order valence-electron chi connectivity index (χ1n) is 8.71. The van der Waals surface area contributed by atoms with E-state index in [9.17, 15) is 15.3 Å². The van der Waals surface area contributed by atoms with Crippen LogP contribution in [0.25, 0.3) is 11.1 Å². The molecule has 0 bridgehead atoms. The van der Waals surface area contributed by atoms with Crippen LogP contribution in [0.1, 0.15) is 12.0 Å². The molecule has 1 unspecified atom stereocenters. The molecular formula is C21H23N2O4P. The van der Waals surface area contributed by atoms with Crippen LogP contribution in [-0.2, 0) is 6.42 Å². The van der Waals surface area contributed by atoms with E-state index in [0.29, 0.717) is 23.9 Å². The molecule has 7 N–H and O–H groups in total. The van der Waals surface area contributed by atoms with Crippen LogP contribution in [0.3, 0.4) is 0 Å². The molecule has 0 amide bonds. The van der Waals surface area contributed by atoms with Gasteiger partial charge in [-0.25, -0.2) is 0 Å². The van der Waals surface area contributed by atoms with E-state index in [1.165, 1.54) is 6.07 Å². The lowest BCUT2D eigenvalue weighted by Gasteiger charge is -2.26. The van der Waals surface area contributed by atoms with Gasteiger partial charge in [0.2, 0.25) is 5.85 Å². The molecular weight excluding hydrogens is 375 g/mol. The molecule has 0 saturated heterocycles. The molecule has 0 aliphatic rings. The van der Waals surface area contributed by atoms with Gasteiger partial charge in [0.05, 0.1) is 0 Å². The average molecular weight is 398 g/mol. The zero-order chi connectivity index (χ0) is 20.3. The highest BCUT2D eigenvalue weighted by Gasteiger charge is 2.22. The molecule has 28 heavy (non-hydrogen) atoms. The van der Waals surface area contributed by atoms with Crippen LogP contribution in [-0.4, -0.2) is 21.2 Å². The van der Waals surface area contributed by atoms with Gasteiger partial charge in [-0.05, 0) is 53.4 Å². The van der Waals surface area contributed by atoms with Gasteiger partial charge in [0.25, 0.3) is 0 Å². The monoisotopic (exact) mass is 398 g/mol. The lowest BCUT2D eigenvalue weighted by Crippen LogP contribution is -2.55. The lowest BCUT2D eigenvalue weighted by atomic mass is 10.1. The quantitative estimate of drug-likeness (QED) is 0.247. The summed E-state index contributed by atoms with van der Waals surface area (Å²) >= 11 is 0. The van der Waals surface area contributed by atoms with E-state index in [1.54, 1.807) is 30.3 Å². The fourth-order valence-electron chi connectivity index (χ4n) is 2.83. The molecule has 0 saturated carbocycles. The molecule has 0 aliphatic heterocycles. The summed E-state index contributed by atoms with van der Waals surface area (Å²) in [5.41, 5.74) is 14.9. The zero-order valence-electron chi connectivity index (χ0n) is 15.2. The smallest absolute Gasteiger partial charge is 0.213 e. The standard InChI is InChI=1S/C21H23N2O4P/c22-21(23,12-11-15-5-10-18(25)19(26)20(15)28)27-17-8-3-14(4-9-17)13-1-6-16(24)7-2-13/h1-10,24-26H,11-12,22-23,28H2. The molecule has 0 heterocycles. The van der Waals surface area contributed by atoms with E-state index in [1.807, 2.05) is 24.3 Å². The molecule has 7 heteroatoms. The van der Waals surface area contributed by atoms with E-state index >= 15 is 0 Å². The third-order valence-corrected chi connectivity index (χ3v) is 5.08. The predicted molar refractivity (Wildman–Crippen MR) is 113 cm³/mol. The molecule has 3 aromatic carbocycles. The summed E-state index contributed by atoms with van der Waals surface area (Å²) in [5, 5.41) is 29.2.